The number of halogens is 2. The van der Waals surface area contributed by atoms with Gasteiger partial charge in [-0.25, -0.2) is 8.78 Å². The molecular weight excluding hydrogens is 242 g/mol. The van der Waals surface area contributed by atoms with Gasteiger partial charge in [0.2, 0.25) is 6.79 Å². The van der Waals surface area contributed by atoms with Crippen molar-refractivity contribution in [2.45, 2.75) is 18.8 Å². The number of rotatable bonds is 1. The molecule has 1 aromatic rings. The predicted octanol–water partition coefficient (Wildman–Crippen LogP) is 2.23. The maximum atomic E-state index is 13.1. The molecule has 98 valence electrons. The Bertz CT molecular complexity index is 469. The van der Waals surface area contributed by atoms with Gasteiger partial charge in [0.25, 0.3) is 5.92 Å². The number of nitrogens with two attached hydrogens (primary N) is 1. The number of piperidine rings is 1. The Morgan fingerprint density at radius 2 is 1.89 bits per heavy atom. The first-order chi connectivity index (χ1) is 8.55. The van der Waals surface area contributed by atoms with Gasteiger partial charge in [-0.3, -0.25) is 0 Å². The Balaban J connectivity index is 1.89. The topological polar surface area (TPSA) is 47.7 Å². The van der Waals surface area contributed by atoms with Crippen molar-refractivity contribution < 1.29 is 18.3 Å². The number of anilines is 2. The zero-order valence-corrected chi connectivity index (χ0v) is 9.79. The highest BCUT2D eigenvalue weighted by Gasteiger charge is 2.35. The Labute approximate surface area is 103 Å². The van der Waals surface area contributed by atoms with Gasteiger partial charge < -0.3 is 20.1 Å². The molecule has 0 spiro atoms. The minimum Gasteiger partial charge on any atom is -0.453 e. The van der Waals surface area contributed by atoms with Crippen molar-refractivity contribution in [3.63, 3.8) is 0 Å². The van der Waals surface area contributed by atoms with Crippen LogP contribution in [-0.2, 0) is 0 Å². The maximum absolute atomic E-state index is 13.1. The summed E-state index contributed by atoms with van der Waals surface area (Å²) in [6, 6.07) is 3.43. The summed E-state index contributed by atoms with van der Waals surface area (Å²) in [5.74, 6) is -1.37. The van der Waals surface area contributed by atoms with Gasteiger partial charge in [0.1, 0.15) is 0 Å². The molecule has 6 heteroatoms. The highest BCUT2D eigenvalue weighted by molar-refractivity contribution is 5.71. The third-order valence-electron chi connectivity index (χ3n) is 3.31. The number of nitrogen functional groups attached to an aromatic ring is 1. The fourth-order valence-corrected chi connectivity index (χ4v) is 2.32. The molecule has 0 aromatic heterocycles. The van der Waals surface area contributed by atoms with E-state index >= 15 is 0 Å². The molecule has 2 heterocycles. The zero-order valence-electron chi connectivity index (χ0n) is 9.79. The molecular formula is C12H14F2N2O2. The number of hydrogen-bond acceptors (Lipinski definition) is 4. The molecule has 1 aromatic carbocycles. The third-order valence-corrected chi connectivity index (χ3v) is 3.31. The van der Waals surface area contributed by atoms with Crippen LogP contribution in [0.25, 0.3) is 0 Å². The summed E-state index contributed by atoms with van der Waals surface area (Å²) in [5.41, 5.74) is 7.08. The van der Waals surface area contributed by atoms with Crippen LogP contribution < -0.4 is 20.1 Å². The van der Waals surface area contributed by atoms with Crippen LogP contribution in [0.3, 0.4) is 0 Å². The van der Waals surface area contributed by atoms with Crippen LogP contribution in [-0.4, -0.2) is 25.8 Å². The summed E-state index contributed by atoms with van der Waals surface area (Å²) in [7, 11) is 0. The second kappa shape index (κ2) is 3.90. The van der Waals surface area contributed by atoms with Gasteiger partial charge in [0, 0.05) is 37.7 Å². The number of benzene rings is 1. The monoisotopic (exact) mass is 256 g/mol. The van der Waals surface area contributed by atoms with E-state index in [1.807, 2.05) is 4.90 Å². The predicted molar refractivity (Wildman–Crippen MR) is 63.4 cm³/mol. The minimum atomic E-state index is -2.56. The highest BCUT2D eigenvalue weighted by Crippen LogP contribution is 2.44. The van der Waals surface area contributed by atoms with Crippen LogP contribution in [0.1, 0.15) is 12.8 Å². The number of hydrogen-bond donors (Lipinski definition) is 1. The smallest absolute Gasteiger partial charge is 0.251 e. The first kappa shape index (κ1) is 11.4. The average molecular weight is 256 g/mol. The lowest BCUT2D eigenvalue weighted by atomic mass is 10.1. The number of nitrogens with zero attached hydrogens (tertiary/aromatic N) is 1. The van der Waals surface area contributed by atoms with E-state index in [2.05, 4.69) is 0 Å². The first-order valence-corrected chi connectivity index (χ1v) is 5.87. The lowest BCUT2D eigenvalue weighted by molar-refractivity contribution is -0.0221. The van der Waals surface area contributed by atoms with Crippen LogP contribution in [0.15, 0.2) is 12.1 Å². The quantitative estimate of drug-likeness (QED) is 0.783. The summed E-state index contributed by atoms with van der Waals surface area (Å²) >= 11 is 0. The van der Waals surface area contributed by atoms with E-state index in [-0.39, 0.29) is 19.6 Å². The molecule has 0 amide bonds. The summed E-state index contributed by atoms with van der Waals surface area (Å²) in [6.45, 7) is 0.744. The van der Waals surface area contributed by atoms with Gasteiger partial charge in [-0.2, -0.15) is 0 Å². The standard InChI is InChI=1S/C12H14F2N2O2/c13-12(14)1-3-16(4-2-12)9-5-8(15)6-10-11(9)18-7-17-10/h5-6H,1-4,7,15H2. The molecule has 0 bridgehead atoms. The fourth-order valence-electron chi connectivity index (χ4n) is 2.32. The molecule has 18 heavy (non-hydrogen) atoms. The van der Waals surface area contributed by atoms with Crippen LogP contribution in [0.4, 0.5) is 20.2 Å². The zero-order chi connectivity index (χ0) is 12.8. The van der Waals surface area contributed by atoms with E-state index in [1.54, 1.807) is 12.1 Å². The average Bonchev–Trinajstić information content (AvgIpc) is 2.76. The van der Waals surface area contributed by atoms with Crippen molar-refractivity contribution in [1.82, 2.24) is 0 Å². The van der Waals surface area contributed by atoms with Gasteiger partial charge in [0.15, 0.2) is 11.5 Å². The van der Waals surface area contributed by atoms with Crippen molar-refractivity contribution in [2.75, 3.05) is 30.5 Å². The van der Waals surface area contributed by atoms with Crippen LogP contribution in [0.5, 0.6) is 11.5 Å². The maximum Gasteiger partial charge on any atom is 0.251 e. The van der Waals surface area contributed by atoms with Gasteiger partial charge >= 0.3 is 0 Å². The Hall–Kier alpha value is -1.72. The SMILES string of the molecule is Nc1cc2c(c(N3CCC(F)(F)CC3)c1)OCO2. The molecule has 0 unspecified atom stereocenters. The van der Waals surface area contributed by atoms with Crippen molar-refractivity contribution >= 4 is 11.4 Å². The number of alkyl halides is 2. The van der Waals surface area contributed by atoms with Gasteiger partial charge in [-0.1, -0.05) is 0 Å². The number of fused-ring (bicyclic) bond motifs is 1. The van der Waals surface area contributed by atoms with E-state index in [9.17, 15) is 8.78 Å². The summed E-state index contributed by atoms with van der Waals surface area (Å²) in [4.78, 5) is 1.88. The molecule has 2 N–H and O–H groups in total. The molecule has 0 atom stereocenters. The molecule has 4 nitrogen and oxygen atoms in total. The van der Waals surface area contributed by atoms with Crippen molar-refractivity contribution in [3.05, 3.63) is 12.1 Å². The lowest BCUT2D eigenvalue weighted by Gasteiger charge is -2.33. The molecule has 3 rings (SSSR count). The van der Waals surface area contributed by atoms with Crippen LogP contribution in [0, 0.1) is 0 Å². The van der Waals surface area contributed by atoms with E-state index < -0.39 is 5.92 Å². The van der Waals surface area contributed by atoms with Crippen LogP contribution >= 0.6 is 0 Å². The third kappa shape index (κ3) is 1.91. The number of ether oxygens (including phenoxy) is 2. The molecule has 1 fully saturated rings. The van der Waals surface area contributed by atoms with Crippen molar-refractivity contribution in [3.8, 4) is 11.5 Å². The highest BCUT2D eigenvalue weighted by atomic mass is 19.3. The van der Waals surface area contributed by atoms with Gasteiger partial charge in [-0.05, 0) is 6.07 Å². The van der Waals surface area contributed by atoms with Gasteiger partial charge in [0.05, 0.1) is 5.69 Å². The largest absolute Gasteiger partial charge is 0.453 e. The molecule has 0 aliphatic carbocycles. The summed E-state index contributed by atoms with van der Waals surface area (Å²) in [5, 5.41) is 0. The lowest BCUT2D eigenvalue weighted by Crippen LogP contribution is -2.39. The molecule has 2 aliphatic rings. The second-order valence-electron chi connectivity index (χ2n) is 4.62. The van der Waals surface area contributed by atoms with E-state index in [0.29, 0.717) is 30.3 Å². The van der Waals surface area contributed by atoms with Gasteiger partial charge in [-0.15, -0.1) is 0 Å². The first-order valence-electron chi connectivity index (χ1n) is 5.87. The van der Waals surface area contributed by atoms with E-state index in [4.69, 9.17) is 15.2 Å². The van der Waals surface area contributed by atoms with E-state index in [1.165, 1.54) is 0 Å². The Kier molecular flexibility index (Phi) is 2.46. The van der Waals surface area contributed by atoms with Crippen LogP contribution in [0.2, 0.25) is 0 Å². The summed E-state index contributed by atoms with van der Waals surface area (Å²) < 4.78 is 36.9. The van der Waals surface area contributed by atoms with E-state index in [0.717, 1.165) is 5.69 Å². The Morgan fingerprint density at radius 1 is 1.17 bits per heavy atom. The second-order valence-corrected chi connectivity index (χ2v) is 4.62. The minimum absolute atomic E-state index is 0.141. The molecule has 0 radical (unpaired) electrons. The Morgan fingerprint density at radius 3 is 2.61 bits per heavy atom. The normalized spacial score (nSPS) is 21.1. The molecule has 1 saturated heterocycles. The fraction of sp³-hybridized carbons (Fsp3) is 0.500. The molecule has 0 saturated carbocycles. The van der Waals surface area contributed by atoms with Crippen molar-refractivity contribution in [2.24, 2.45) is 0 Å². The molecule has 2 aliphatic heterocycles. The van der Waals surface area contributed by atoms with Crippen molar-refractivity contribution in [1.29, 1.82) is 0 Å². The summed E-state index contributed by atoms with van der Waals surface area (Å²) in [6.07, 6.45) is -0.283.